The summed E-state index contributed by atoms with van der Waals surface area (Å²) in [6, 6.07) is 4.97. The van der Waals surface area contributed by atoms with Crippen molar-refractivity contribution >= 4 is 10.9 Å². The first-order chi connectivity index (χ1) is 6.70. The minimum Gasteiger partial charge on any atom is -0.504 e. The van der Waals surface area contributed by atoms with Gasteiger partial charge in [-0.15, -0.1) is 6.58 Å². The zero-order chi connectivity index (χ0) is 10.1. The first kappa shape index (κ1) is 11.2. The minimum atomic E-state index is -0.107. The SMILES string of the molecule is C.C=CCc1cc2cc(O)c(O)cc2[nH]1. The van der Waals surface area contributed by atoms with Crippen molar-refractivity contribution in [2.75, 3.05) is 0 Å². The number of phenols is 2. The van der Waals surface area contributed by atoms with Crippen molar-refractivity contribution in [3.63, 3.8) is 0 Å². The Balaban J connectivity index is 0.00000112. The van der Waals surface area contributed by atoms with Crippen LogP contribution in [0, 0.1) is 0 Å². The summed E-state index contributed by atoms with van der Waals surface area (Å²) in [6.45, 7) is 3.64. The van der Waals surface area contributed by atoms with E-state index in [1.165, 1.54) is 12.1 Å². The van der Waals surface area contributed by atoms with Crippen LogP contribution in [0.1, 0.15) is 13.1 Å². The van der Waals surface area contributed by atoms with Crippen molar-refractivity contribution in [1.29, 1.82) is 0 Å². The third-order valence-corrected chi connectivity index (χ3v) is 2.14. The molecule has 2 rings (SSSR count). The van der Waals surface area contributed by atoms with E-state index in [9.17, 15) is 10.2 Å². The van der Waals surface area contributed by atoms with Gasteiger partial charge in [0.25, 0.3) is 0 Å². The molecule has 15 heavy (non-hydrogen) atoms. The molecule has 0 atom stereocenters. The van der Waals surface area contributed by atoms with Crippen LogP contribution in [0.4, 0.5) is 0 Å². The predicted molar refractivity (Wildman–Crippen MR) is 62.3 cm³/mol. The molecule has 0 bridgehead atoms. The van der Waals surface area contributed by atoms with Crippen LogP contribution in [-0.4, -0.2) is 15.2 Å². The van der Waals surface area contributed by atoms with E-state index < -0.39 is 0 Å². The molecule has 0 saturated heterocycles. The van der Waals surface area contributed by atoms with Crippen molar-refractivity contribution < 1.29 is 10.2 Å². The fourth-order valence-corrected chi connectivity index (χ4v) is 1.48. The number of H-pyrrole nitrogens is 1. The highest BCUT2D eigenvalue weighted by molar-refractivity contribution is 5.84. The Kier molecular flexibility index (Phi) is 3.04. The largest absolute Gasteiger partial charge is 0.504 e. The third kappa shape index (κ3) is 1.96. The maximum absolute atomic E-state index is 9.27. The molecular weight excluding hydrogens is 190 g/mol. The summed E-state index contributed by atoms with van der Waals surface area (Å²) < 4.78 is 0. The topological polar surface area (TPSA) is 56.2 Å². The Bertz CT molecular complexity index is 447. The summed E-state index contributed by atoms with van der Waals surface area (Å²) >= 11 is 0. The number of phenolic OH excluding ortho intramolecular Hbond substituents is 2. The predicted octanol–water partition coefficient (Wildman–Crippen LogP) is 2.94. The highest BCUT2D eigenvalue weighted by atomic mass is 16.3. The number of hydrogen-bond acceptors (Lipinski definition) is 2. The molecule has 3 heteroatoms. The van der Waals surface area contributed by atoms with Gasteiger partial charge in [-0.25, -0.2) is 0 Å². The minimum absolute atomic E-state index is 0. The fourth-order valence-electron chi connectivity index (χ4n) is 1.48. The Morgan fingerprint density at radius 1 is 1.20 bits per heavy atom. The molecule has 0 aliphatic rings. The first-order valence-corrected chi connectivity index (χ1v) is 4.35. The summed E-state index contributed by atoms with van der Waals surface area (Å²) in [6.07, 6.45) is 2.54. The van der Waals surface area contributed by atoms with Crippen molar-refractivity contribution in [3.8, 4) is 11.5 Å². The molecule has 0 aliphatic heterocycles. The standard InChI is InChI=1S/C11H11NO2.CH4/c1-2-3-8-4-7-5-10(13)11(14)6-9(7)12-8;/h2,4-6,12-14H,1,3H2;1H4. The van der Waals surface area contributed by atoms with Crippen molar-refractivity contribution in [2.45, 2.75) is 13.8 Å². The smallest absolute Gasteiger partial charge is 0.159 e. The van der Waals surface area contributed by atoms with Crippen LogP contribution in [0.3, 0.4) is 0 Å². The van der Waals surface area contributed by atoms with E-state index in [2.05, 4.69) is 11.6 Å². The van der Waals surface area contributed by atoms with Crippen LogP contribution in [0.2, 0.25) is 0 Å². The molecule has 0 unspecified atom stereocenters. The maximum Gasteiger partial charge on any atom is 0.159 e. The second kappa shape index (κ2) is 4.09. The van der Waals surface area contributed by atoms with Crippen LogP contribution in [0.15, 0.2) is 30.9 Å². The summed E-state index contributed by atoms with van der Waals surface area (Å²) in [5, 5.41) is 19.4. The Morgan fingerprint density at radius 2 is 1.87 bits per heavy atom. The van der Waals surface area contributed by atoms with Crippen LogP contribution in [-0.2, 0) is 6.42 Å². The van der Waals surface area contributed by atoms with Crippen molar-refractivity contribution in [3.05, 3.63) is 36.5 Å². The number of rotatable bonds is 2. The third-order valence-electron chi connectivity index (χ3n) is 2.14. The van der Waals surface area contributed by atoms with Gasteiger partial charge in [-0.05, 0) is 12.1 Å². The average Bonchev–Trinajstić information content (AvgIpc) is 2.48. The van der Waals surface area contributed by atoms with E-state index >= 15 is 0 Å². The van der Waals surface area contributed by atoms with Crippen LogP contribution in [0.5, 0.6) is 11.5 Å². The van der Waals surface area contributed by atoms with E-state index in [0.717, 1.165) is 23.0 Å². The molecule has 0 aliphatic carbocycles. The van der Waals surface area contributed by atoms with E-state index in [-0.39, 0.29) is 18.9 Å². The molecule has 1 heterocycles. The highest BCUT2D eigenvalue weighted by Crippen LogP contribution is 2.30. The summed E-state index contributed by atoms with van der Waals surface area (Å²) in [4.78, 5) is 3.12. The van der Waals surface area contributed by atoms with Crippen LogP contribution >= 0.6 is 0 Å². The molecule has 1 aromatic carbocycles. The molecular formula is C12H15NO2. The number of aromatic nitrogens is 1. The summed E-state index contributed by atoms with van der Waals surface area (Å²) in [5.74, 6) is -0.203. The fraction of sp³-hybridized carbons (Fsp3) is 0.167. The Labute approximate surface area is 88.7 Å². The van der Waals surface area contributed by atoms with E-state index in [0.29, 0.717) is 0 Å². The van der Waals surface area contributed by atoms with Crippen molar-refractivity contribution in [1.82, 2.24) is 4.98 Å². The molecule has 2 aromatic rings. The number of benzene rings is 1. The van der Waals surface area contributed by atoms with Crippen molar-refractivity contribution in [2.24, 2.45) is 0 Å². The molecule has 80 valence electrons. The van der Waals surface area contributed by atoms with Gasteiger partial charge < -0.3 is 15.2 Å². The first-order valence-electron chi connectivity index (χ1n) is 4.35. The molecule has 0 amide bonds. The Morgan fingerprint density at radius 3 is 2.53 bits per heavy atom. The number of hydrogen-bond donors (Lipinski definition) is 3. The Hall–Kier alpha value is -1.90. The van der Waals surface area contributed by atoms with Gasteiger partial charge in [0.15, 0.2) is 11.5 Å². The highest BCUT2D eigenvalue weighted by Gasteiger charge is 2.04. The number of aromatic hydroxyl groups is 2. The number of allylic oxidation sites excluding steroid dienone is 1. The van der Waals surface area contributed by atoms with Crippen LogP contribution < -0.4 is 0 Å². The van der Waals surface area contributed by atoms with Gasteiger partial charge >= 0.3 is 0 Å². The second-order valence-electron chi connectivity index (χ2n) is 3.22. The molecule has 3 N–H and O–H groups in total. The van der Waals surface area contributed by atoms with Gasteiger partial charge in [0, 0.05) is 29.1 Å². The molecule has 0 fully saturated rings. The monoisotopic (exact) mass is 205 g/mol. The van der Waals surface area contributed by atoms with Gasteiger partial charge in [-0.2, -0.15) is 0 Å². The zero-order valence-corrected chi connectivity index (χ0v) is 7.62. The summed E-state index contributed by atoms with van der Waals surface area (Å²) in [5.41, 5.74) is 1.83. The normalized spacial score (nSPS) is 9.87. The molecule has 0 saturated carbocycles. The zero-order valence-electron chi connectivity index (χ0n) is 7.62. The van der Waals surface area contributed by atoms with Gasteiger partial charge in [-0.3, -0.25) is 0 Å². The second-order valence-corrected chi connectivity index (χ2v) is 3.22. The lowest BCUT2D eigenvalue weighted by Gasteiger charge is -1.95. The summed E-state index contributed by atoms with van der Waals surface area (Å²) in [7, 11) is 0. The van der Waals surface area contributed by atoms with E-state index in [4.69, 9.17) is 0 Å². The van der Waals surface area contributed by atoms with Crippen LogP contribution in [0.25, 0.3) is 10.9 Å². The molecule has 3 nitrogen and oxygen atoms in total. The van der Waals surface area contributed by atoms with Gasteiger partial charge in [0.2, 0.25) is 0 Å². The lowest BCUT2D eigenvalue weighted by atomic mass is 10.2. The van der Waals surface area contributed by atoms with Gasteiger partial charge in [0.1, 0.15) is 0 Å². The van der Waals surface area contributed by atoms with E-state index in [1.54, 1.807) is 6.08 Å². The average molecular weight is 205 g/mol. The van der Waals surface area contributed by atoms with Gasteiger partial charge in [0.05, 0.1) is 0 Å². The molecule has 1 aromatic heterocycles. The number of aromatic amines is 1. The lowest BCUT2D eigenvalue weighted by molar-refractivity contribution is 0.405. The quantitative estimate of drug-likeness (QED) is 0.521. The lowest BCUT2D eigenvalue weighted by Crippen LogP contribution is -1.77. The number of fused-ring (bicyclic) bond motifs is 1. The van der Waals surface area contributed by atoms with Gasteiger partial charge in [-0.1, -0.05) is 13.5 Å². The maximum atomic E-state index is 9.27. The van der Waals surface area contributed by atoms with E-state index in [1.807, 2.05) is 6.07 Å². The molecule has 0 spiro atoms. The molecule has 0 radical (unpaired) electrons. The number of nitrogens with one attached hydrogen (secondary N) is 1.